The monoisotopic (exact) mass is 293 g/mol. The van der Waals surface area contributed by atoms with Gasteiger partial charge in [0, 0.05) is 6.04 Å². The van der Waals surface area contributed by atoms with E-state index in [9.17, 15) is 10.1 Å². The lowest BCUT2D eigenvalue weighted by Crippen LogP contribution is -2.33. The van der Waals surface area contributed by atoms with E-state index in [1.807, 2.05) is 18.4 Å². The first-order valence-electron chi connectivity index (χ1n) is 6.54. The molecule has 2 aromatic rings. The molecule has 1 aliphatic heterocycles. The number of thiophene rings is 1. The summed E-state index contributed by atoms with van der Waals surface area (Å²) in [6.45, 7) is 2.62. The Labute approximate surface area is 119 Å². The SMILES string of the molecule is CC1CC[C@H](Nc2c([N+](=O)[O-])cnc3ccsc23)CO1. The van der Waals surface area contributed by atoms with Gasteiger partial charge in [0.05, 0.1) is 27.9 Å². The van der Waals surface area contributed by atoms with E-state index in [-0.39, 0.29) is 22.8 Å². The van der Waals surface area contributed by atoms with Crippen LogP contribution in [-0.2, 0) is 4.74 Å². The maximum atomic E-state index is 11.2. The third kappa shape index (κ3) is 2.46. The van der Waals surface area contributed by atoms with Gasteiger partial charge in [-0.05, 0) is 31.2 Å². The number of nitro groups is 1. The van der Waals surface area contributed by atoms with Crippen LogP contribution in [0.15, 0.2) is 17.6 Å². The van der Waals surface area contributed by atoms with E-state index in [0.717, 1.165) is 23.1 Å². The Kier molecular flexibility index (Phi) is 3.54. The molecule has 1 N–H and O–H groups in total. The summed E-state index contributed by atoms with van der Waals surface area (Å²) in [5.41, 5.74) is 1.38. The molecule has 0 aliphatic carbocycles. The second-order valence-corrected chi connectivity index (χ2v) is 5.89. The van der Waals surface area contributed by atoms with Crippen molar-refractivity contribution >= 4 is 32.9 Å². The predicted molar refractivity (Wildman–Crippen MR) is 78.3 cm³/mol. The summed E-state index contributed by atoms with van der Waals surface area (Å²) in [5.74, 6) is 0. The van der Waals surface area contributed by atoms with Crippen LogP contribution < -0.4 is 5.32 Å². The highest BCUT2D eigenvalue weighted by Gasteiger charge is 2.24. The number of ether oxygens (including phenoxy) is 1. The van der Waals surface area contributed by atoms with Crippen molar-refractivity contribution in [3.8, 4) is 0 Å². The molecule has 0 saturated carbocycles. The number of pyridine rings is 1. The topological polar surface area (TPSA) is 77.3 Å². The molecule has 1 unspecified atom stereocenters. The Morgan fingerprint density at radius 1 is 1.55 bits per heavy atom. The normalized spacial score (nSPS) is 22.9. The molecule has 0 bridgehead atoms. The zero-order chi connectivity index (χ0) is 14.1. The van der Waals surface area contributed by atoms with Gasteiger partial charge in [0.25, 0.3) is 0 Å². The van der Waals surface area contributed by atoms with E-state index in [2.05, 4.69) is 10.3 Å². The summed E-state index contributed by atoms with van der Waals surface area (Å²) < 4.78 is 6.44. The van der Waals surface area contributed by atoms with Gasteiger partial charge in [-0.1, -0.05) is 0 Å². The molecule has 0 aromatic carbocycles. The molecule has 7 heteroatoms. The van der Waals surface area contributed by atoms with Crippen molar-refractivity contribution in [3.63, 3.8) is 0 Å². The molecular formula is C13H15N3O3S. The van der Waals surface area contributed by atoms with Crippen LogP contribution in [0.3, 0.4) is 0 Å². The maximum Gasteiger partial charge on any atom is 0.311 e. The van der Waals surface area contributed by atoms with Crippen molar-refractivity contribution in [1.82, 2.24) is 4.98 Å². The first-order valence-corrected chi connectivity index (χ1v) is 7.42. The molecule has 0 spiro atoms. The van der Waals surface area contributed by atoms with Gasteiger partial charge < -0.3 is 10.1 Å². The van der Waals surface area contributed by atoms with Crippen LogP contribution in [0.2, 0.25) is 0 Å². The maximum absolute atomic E-state index is 11.2. The van der Waals surface area contributed by atoms with E-state index in [0.29, 0.717) is 12.3 Å². The first-order chi connectivity index (χ1) is 9.65. The molecule has 106 valence electrons. The van der Waals surface area contributed by atoms with Crippen molar-refractivity contribution in [2.24, 2.45) is 0 Å². The lowest BCUT2D eigenvalue weighted by molar-refractivity contribution is -0.384. The Balaban J connectivity index is 1.94. The quantitative estimate of drug-likeness (QED) is 0.694. The molecule has 2 atom stereocenters. The average Bonchev–Trinajstić information content (AvgIpc) is 2.90. The number of aromatic nitrogens is 1. The summed E-state index contributed by atoms with van der Waals surface area (Å²) in [5, 5.41) is 16.4. The summed E-state index contributed by atoms with van der Waals surface area (Å²) in [6, 6.07) is 1.98. The summed E-state index contributed by atoms with van der Waals surface area (Å²) in [7, 11) is 0. The second kappa shape index (κ2) is 5.34. The lowest BCUT2D eigenvalue weighted by Gasteiger charge is -2.28. The van der Waals surface area contributed by atoms with Crippen LogP contribution in [0.1, 0.15) is 19.8 Å². The molecule has 1 fully saturated rings. The number of anilines is 1. The average molecular weight is 293 g/mol. The smallest absolute Gasteiger partial charge is 0.311 e. The fraction of sp³-hybridized carbons (Fsp3) is 0.462. The third-order valence-corrected chi connectivity index (χ3v) is 4.42. The molecule has 6 nitrogen and oxygen atoms in total. The second-order valence-electron chi connectivity index (χ2n) is 4.97. The van der Waals surface area contributed by atoms with Crippen LogP contribution >= 0.6 is 11.3 Å². The van der Waals surface area contributed by atoms with Gasteiger partial charge in [0.15, 0.2) is 0 Å². The highest BCUT2D eigenvalue weighted by Crippen LogP contribution is 2.36. The summed E-state index contributed by atoms with van der Waals surface area (Å²) in [4.78, 5) is 14.9. The molecular weight excluding hydrogens is 278 g/mol. The molecule has 1 aliphatic rings. The lowest BCUT2D eigenvalue weighted by atomic mass is 10.1. The van der Waals surface area contributed by atoms with Gasteiger partial charge in [-0.2, -0.15) is 0 Å². The number of rotatable bonds is 3. The predicted octanol–water partition coefficient (Wildman–Crippen LogP) is 3.18. The first kappa shape index (κ1) is 13.3. The Bertz CT molecular complexity index is 635. The molecule has 3 heterocycles. The van der Waals surface area contributed by atoms with Gasteiger partial charge in [-0.25, -0.2) is 4.98 Å². The minimum absolute atomic E-state index is 0.0265. The van der Waals surface area contributed by atoms with Crippen molar-refractivity contribution in [2.45, 2.75) is 31.9 Å². The van der Waals surface area contributed by atoms with E-state index in [1.165, 1.54) is 17.5 Å². The number of nitrogens with zero attached hydrogens (tertiary/aromatic N) is 2. The van der Waals surface area contributed by atoms with Crippen LogP contribution in [0.5, 0.6) is 0 Å². The standard InChI is InChI=1S/C13H15N3O3S/c1-8-2-3-9(7-19-8)15-12-11(16(17)18)6-14-10-4-5-20-13(10)12/h4-6,8-9H,2-3,7H2,1H3,(H,14,15)/t8?,9-/m0/s1. The van der Waals surface area contributed by atoms with Crippen LogP contribution in [0.4, 0.5) is 11.4 Å². The van der Waals surface area contributed by atoms with Crippen LogP contribution in [0.25, 0.3) is 10.2 Å². The fourth-order valence-electron chi connectivity index (χ4n) is 2.38. The van der Waals surface area contributed by atoms with Crippen molar-refractivity contribution in [3.05, 3.63) is 27.8 Å². The minimum Gasteiger partial charge on any atom is -0.376 e. The minimum atomic E-state index is -0.388. The van der Waals surface area contributed by atoms with E-state index >= 15 is 0 Å². The van der Waals surface area contributed by atoms with Crippen LogP contribution in [-0.4, -0.2) is 28.7 Å². The van der Waals surface area contributed by atoms with Crippen LogP contribution in [0, 0.1) is 10.1 Å². The van der Waals surface area contributed by atoms with Gasteiger partial charge in [0.2, 0.25) is 0 Å². The third-order valence-electron chi connectivity index (χ3n) is 3.50. The van der Waals surface area contributed by atoms with Crippen molar-refractivity contribution < 1.29 is 9.66 Å². The zero-order valence-electron chi connectivity index (χ0n) is 11.0. The molecule has 1 saturated heterocycles. The van der Waals surface area contributed by atoms with E-state index in [1.54, 1.807) is 0 Å². The van der Waals surface area contributed by atoms with E-state index in [4.69, 9.17) is 4.74 Å². The molecule has 2 aromatic heterocycles. The molecule has 3 rings (SSSR count). The molecule has 0 amide bonds. The number of nitrogens with one attached hydrogen (secondary N) is 1. The highest BCUT2D eigenvalue weighted by atomic mass is 32.1. The van der Waals surface area contributed by atoms with Crippen molar-refractivity contribution in [2.75, 3.05) is 11.9 Å². The zero-order valence-corrected chi connectivity index (χ0v) is 11.9. The van der Waals surface area contributed by atoms with Gasteiger partial charge in [0.1, 0.15) is 11.9 Å². The number of hydrogen-bond donors (Lipinski definition) is 1. The fourth-order valence-corrected chi connectivity index (χ4v) is 3.24. The Hall–Kier alpha value is -1.73. The molecule has 0 radical (unpaired) electrons. The summed E-state index contributed by atoms with van der Waals surface area (Å²) in [6.07, 6.45) is 3.50. The summed E-state index contributed by atoms with van der Waals surface area (Å²) >= 11 is 1.46. The number of hydrogen-bond acceptors (Lipinski definition) is 6. The Morgan fingerprint density at radius 3 is 3.10 bits per heavy atom. The van der Waals surface area contributed by atoms with E-state index < -0.39 is 0 Å². The van der Waals surface area contributed by atoms with Crippen molar-refractivity contribution in [1.29, 1.82) is 0 Å². The Morgan fingerprint density at radius 2 is 2.40 bits per heavy atom. The largest absolute Gasteiger partial charge is 0.376 e. The molecule has 20 heavy (non-hydrogen) atoms. The van der Waals surface area contributed by atoms with Gasteiger partial charge in [-0.15, -0.1) is 11.3 Å². The number of fused-ring (bicyclic) bond motifs is 1. The highest BCUT2D eigenvalue weighted by molar-refractivity contribution is 7.17. The van der Waals surface area contributed by atoms with Gasteiger partial charge in [-0.3, -0.25) is 10.1 Å². The van der Waals surface area contributed by atoms with Gasteiger partial charge >= 0.3 is 5.69 Å².